The van der Waals surface area contributed by atoms with Crippen LogP contribution in [0.1, 0.15) is 72.1 Å². The largest absolute Gasteiger partial charge is 0.508 e. The summed E-state index contributed by atoms with van der Waals surface area (Å²) in [5, 5.41) is 25.0. The number of hydrogen-bond acceptors (Lipinski definition) is 5. The van der Waals surface area contributed by atoms with Crippen LogP contribution in [0.5, 0.6) is 0 Å². The van der Waals surface area contributed by atoms with Gasteiger partial charge in [0.15, 0.2) is 0 Å². The zero-order valence-corrected chi connectivity index (χ0v) is 20.2. The van der Waals surface area contributed by atoms with Crippen LogP contribution >= 0.6 is 0 Å². The Morgan fingerprint density at radius 2 is 1.84 bits per heavy atom. The first-order valence-electron chi connectivity index (χ1n) is 12.6. The van der Waals surface area contributed by atoms with Gasteiger partial charge in [-0.1, -0.05) is 13.8 Å². The molecule has 0 aromatic heterocycles. The van der Waals surface area contributed by atoms with E-state index in [1.54, 1.807) is 14.0 Å². The van der Waals surface area contributed by atoms with Crippen molar-refractivity contribution in [2.75, 3.05) is 20.3 Å². The van der Waals surface area contributed by atoms with Crippen LogP contribution in [0.2, 0.25) is 0 Å². The lowest BCUT2D eigenvalue weighted by Crippen LogP contribution is -2.84. The van der Waals surface area contributed by atoms with Crippen molar-refractivity contribution in [1.82, 2.24) is 0 Å². The molecule has 0 amide bonds. The number of carbonyl (C=O) groups excluding carboxylic acids is 1. The first-order valence-corrected chi connectivity index (χ1v) is 12.6. The summed E-state index contributed by atoms with van der Waals surface area (Å²) in [4.78, 5) is 12.6. The predicted molar refractivity (Wildman–Crippen MR) is 118 cm³/mol. The smallest absolute Gasteiger partial charge is 0.377 e. The number of fused-ring (bicyclic) bond motifs is 5. The molecule has 3 N–H and O–H groups in total. The minimum atomic E-state index is -1.34. The number of nitrogens with one attached hydrogen (secondary N) is 1. The molecule has 0 radical (unpaired) electrons. The average Bonchev–Trinajstić information content (AvgIpc) is 2.94. The van der Waals surface area contributed by atoms with Gasteiger partial charge in [0.05, 0.1) is 18.8 Å². The molecule has 0 aliphatic heterocycles. The van der Waals surface area contributed by atoms with E-state index < -0.39 is 28.6 Å². The SMILES string of the molecule is CCOC(=O)C([NH+]=[N-])C1(O)C[C@@H](C)[C@H]2[C@@H]3CC[C@@H]4C[C@@](O)(COC)CC[C@@H]4[C@H]3CC[C@@]21C. The highest BCUT2D eigenvalue weighted by molar-refractivity contribution is 5.76. The van der Waals surface area contributed by atoms with Crippen molar-refractivity contribution in [3.05, 3.63) is 5.53 Å². The Morgan fingerprint density at radius 3 is 2.50 bits per heavy atom. The summed E-state index contributed by atoms with van der Waals surface area (Å²) in [5.74, 6) is 2.25. The number of carbonyl (C=O) groups is 1. The first-order chi connectivity index (χ1) is 15.1. The average molecular weight is 451 g/mol. The van der Waals surface area contributed by atoms with E-state index in [1.165, 1.54) is 0 Å². The van der Waals surface area contributed by atoms with Crippen molar-refractivity contribution >= 4 is 5.97 Å². The summed E-state index contributed by atoms with van der Waals surface area (Å²) in [6.45, 7) is 6.70. The summed E-state index contributed by atoms with van der Waals surface area (Å²) < 4.78 is 10.5. The zero-order valence-electron chi connectivity index (χ0n) is 20.2. The summed E-state index contributed by atoms with van der Waals surface area (Å²) in [6.07, 6.45) is 7.22. The molecule has 0 bridgehead atoms. The molecule has 0 spiro atoms. The monoisotopic (exact) mass is 450 g/mol. The van der Waals surface area contributed by atoms with Gasteiger partial charge in [0.25, 0.3) is 6.04 Å². The first kappa shape index (κ1) is 24.1. The maximum atomic E-state index is 12.6. The molecule has 0 aromatic carbocycles. The maximum Gasteiger partial charge on any atom is 0.377 e. The third-order valence-electron chi connectivity index (χ3n) is 10.1. The van der Waals surface area contributed by atoms with Crippen LogP contribution in [-0.4, -0.2) is 53.7 Å². The Bertz CT molecular complexity index is 733. The predicted octanol–water partition coefficient (Wildman–Crippen LogP) is 2.03. The second-order valence-corrected chi connectivity index (χ2v) is 11.6. The van der Waals surface area contributed by atoms with Crippen molar-refractivity contribution < 1.29 is 29.6 Å². The molecule has 0 saturated heterocycles. The van der Waals surface area contributed by atoms with Crippen LogP contribution in [0.4, 0.5) is 0 Å². The molecule has 0 aromatic rings. The molecule has 4 rings (SSSR count). The molecule has 32 heavy (non-hydrogen) atoms. The number of nitrogens with zero attached hydrogens (tertiary/aromatic N) is 1. The van der Waals surface area contributed by atoms with E-state index in [0.717, 1.165) is 44.9 Å². The van der Waals surface area contributed by atoms with Crippen molar-refractivity contribution in [3.63, 3.8) is 0 Å². The Morgan fingerprint density at radius 1 is 1.12 bits per heavy atom. The molecule has 2 unspecified atom stereocenters. The highest BCUT2D eigenvalue weighted by Gasteiger charge is 2.70. The number of rotatable bonds is 6. The number of ether oxygens (including phenoxy) is 2. The maximum absolute atomic E-state index is 12.6. The highest BCUT2D eigenvalue weighted by atomic mass is 16.5. The van der Waals surface area contributed by atoms with Gasteiger partial charge in [-0.3, -0.25) is 0 Å². The fourth-order valence-electron chi connectivity index (χ4n) is 9.04. The summed E-state index contributed by atoms with van der Waals surface area (Å²) in [7, 11) is 1.66. The zero-order chi connectivity index (χ0) is 23.3. The number of esters is 1. The van der Waals surface area contributed by atoms with Gasteiger partial charge in [-0.2, -0.15) is 0 Å². The number of hydrogen-bond donors (Lipinski definition) is 3. The summed E-state index contributed by atoms with van der Waals surface area (Å²) >= 11 is 0. The van der Waals surface area contributed by atoms with Crippen LogP contribution in [0.3, 0.4) is 0 Å². The van der Waals surface area contributed by atoms with Gasteiger partial charge in [0.2, 0.25) is 0 Å². The van der Waals surface area contributed by atoms with E-state index in [-0.39, 0.29) is 12.5 Å². The number of aliphatic hydroxyl groups is 2. The van der Waals surface area contributed by atoms with Gasteiger partial charge in [-0.05, 0) is 93.8 Å². The van der Waals surface area contributed by atoms with Gasteiger partial charge < -0.3 is 30.3 Å². The summed E-state index contributed by atoms with van der Waals surface area (Å²) in [5.41, 5.74) is 7.39. The van der Waals surface area contributed by atoms with Crippen molar-refractivity contribution in [1.29, 1.82) is 0 Å². The lowest BCUT2D eigenvalue weighted by Gasteiger charge is -2.58. The van der Waals surface area contributed by atoms with E-state index in [0.29, 0.717) is 42.6 Å². The second kappa shape index (κ2) is 8.62. The molecular weight excluding hydrogens is 408 g/mol. The molecule has 4 saturated carbocycles. The molecule has 0 heterocycles. The van der Waals surface area contributed by atoms with Gasteiger partial charge >= 0.3 is 5.97 Å². The van der Waals surface area contributed by atoms with Gasteiger partial charge in [-0.25, -0.2) is 4.79 Å². The molecular formula is C25H42N2O5. The topological polar surface area (TPSA) is 112 Å². The van der Waals surface area contributed by atoms with Crippen LogP contribution in [0, 0.1) is 40.9 Å². The van der Waals surface area contributed by atoms with Gasteiger partial charge in [-0.15, -0.1) is 0 Å². The van der Waals surface area contributed by atoms with Crippen molar-refractivity contribution in [2.24, 2.45) is 40.9 Å². The van der Waals surface area contributed by atoms with Crippen molar-refractivity contribution in [2.45, 2.75) is 89.4 Å². The fraction of sp³-hybridized carbons (Fsp3) is 0.960. The quantitative estimate of drug-likeness (QED) is 0.423. The van der Waals surface area contributed by atoms with E-state index in [2.05, 4.69) is 19.0 Å². The molecule has 7 heteroatoms. The second-order valence-electron chi connectivity index (χ2n) is 11.6. The lowest BCUT2D eigenvalue weighted by atomic mass is 9.47. The Labute approximate surface area is 192 Å². The van der Waals surface area contributed by atoms with Gasteiger partial charge in [0, 0.05) is 12.5 Å². The van der Waals surface area contributed by atoms with E-state index >= 15 is 0 Å². The van der Waals surface area contributed by atoms with Crippen LogP contribution in [0.25, 0.3) is 5.53 Å². The Hall–Kier alpha value is -1.05. The molecule has 7 nitrogen and oxygen atoms in total. The molecule has 10 atom stereocenters. The van der Waals surface area contributed by atoms with Crippen LogP contribution in [-0.2, 0) is 14.3 Å². The molecule has 4 aliphatic carbocycles. The minimum Gasteiger partial charge on any atom is -0.508 e. The molecule has 4 fully saturated rings. The lowest BCUT2D eigenvalue weighted by molar-refractivity contribution is -0.542. The van der Waals surface area contributed by atoms with Crippen molar-refractivity contribution in [3.8, 4) is 0 Å². The van der Waals surface area contributed by atoms with E-state index in [9.17, 15) is 20.5 Å². The third-order valence-corrected chi connectivity index (χ3v) is 10.1. The van der Waals surface area contributed by atoms with Gasteiger partial charge in [0.1, 0.15) is 5.60 Å². The molecule has 182 valence electrons. The third kappa shape index (κ3) is 3.54. The standard InChI is InChI=1S/C25H42N2O5/c1-5-32-22(28)21(27-26)25(30)12-15(2)20-19-7-6-16-13-24(29,14-31-4)11-9-17(16)18(19)8-10-23(20,25)3/h15-21,27,29-30H,5-14H2,1-4H3/t15-,16-,17+,18-,19-,20+,21?,23+,24-,25?/m1/s1. The van der Waals surface area contributed by atoms with Crippen LogP contribution < -0.4 is 5.11 Å². The van der Waals surface area contributed by atoms with Crippen LogP contribution in [0.15, 0.2) is 0 Å². The Kier molecular flexibility index (Phi) is 6.49. The highest BCUT2D eigenvalue weighted by Crippen LogP contribution is 2.67. The van der Waals surface area contributed by atoms with E-state index in [1.807, 2.05) is 0 Å². The minimum absolute atomic E-state index is 0.214. The normalized spacial score (nSPS) is 48.8. The number of methoxy groups -OCH3 is 1. The summed E-state index contributed by atoms with van der Waals surface area (Å²) in [6, 6.07) is -1.13. The van der Waals surface area contributed by atoms with E-state index in [4.69, 9.17) is 9.47 Å². The fourth-order valence-corrected chi connectivity index (χ4v) is 9.04. The molecule has 4 aliphatic rings. The Balaban J connectivity index is 1.58.